The summed E-state index contributed by atoms with van der Waals surface area (Å²) in [6, 6.07) is 18.4. The first-order chi connectivity index (χ1) is 15.9. The molecule has 3 aromatic carbocycles. The average molecular weight is 526 g/mol. The largest absolute Gasteiger partial charge is 0.488 e. The Bertz CT molecular complexity index is 1270. The molecule has 8 heteroatoms. The molecule has 3 aromatic rings. The van der Waals surface area contributed by atoms with E-state index in [0.717, 1.165) is 37.5 Å². The summed E-state index contributed by atoms with van der Waals surface area (Å²) in [6.07, 6.45) is 1.66. The highest BCUT2D eigenvalue weighted by Gasteiger charge is 2.41. The van der Waals surface area contributed by atoms with Crippen molar-refractivity contribution in [1.82, 2.24) is 4.90 Å². The molecule has 168 valence electrons. The van der Waals surface area contributed by atoms with Crippen LogP contribution in [0.2, 0.25) is 0 Å². The van der Waals surface area contributed by atoms with Crippen molar-refractivity contribution in [3.05, 3.63) is 81.2 Å². The summed E-state index contributed by atoms with van der Waals surface area (Å²) >= 11 is 4.22. The zero-order chi connectivity index (χ0) is 23.5. The molecule has 1 saturated heterocycles. The molecule has 0 aromatic heterocycles. The molecule has 1 atom stereocenters. The summed E-state index contributed by atoms with van der Waals surface area (Å²) in [6.45, 7) is 1.81. The molecular formula is C25H20BrNO5S. The Labute approximate surface area is 203 Å². The summed E-state index contributed by atoms with van der Waals surface area (Å²) in [4.78, 5) is 38.6. The number of carbonyl (C=O) groups excluding carboxylic acids is 3. The number of fused-ring (bicyclic) bond motifs is 1. The molecule has 1 heterocycles. The van der Waals surface area contributed by atoms with Crippen LogP contribution in [0.15, 0.2) is 70.0 Å². The lowest BCUT2D eigenvalue weighted by molar-refractivity contribution is -0.148. The van der Waals surface area contributed by atoms with Crippen molar-refractivity contribution in [2.45, 2.75) is 19.6 Å². The summed E-state index contributed by atoms with van der Waals surface area (Å²) in [5, 5.41) is 1.35. The second-order valence-electron chi connectivity index (χ2n) is 7.36. The Morgan fingerprint density at radius 2 is 1.82 bits per heavy atom. The van der Waals surface area contributed by atoms with Crippen LogP contribution in [0.25, 0.3) is 16.8 Å². The molecule has 0 radical (unpaired) electrons. The van der Waals surface area contributed by atoms with E-state index in [0.29, 0.717) is 17.9 Å². The topological polar surface area (TPSA) is 72.9 Å². The van der Waals surface area contributed by atoms with Gasteiger partial charge in [-0.1, -0.05) is 58.4 Å². The number of rotatable bonds is 6. The van der Waals surface area contributed by atoms with Crippen molar-refractivity contribution in [2.24, 2.45) is 0 Å². The van der Waals surface area contributed by atoms with E-state index in [1.165, 1.54) is 14.0 Å². The van der Waals surface area contributed by atoms with E-state index in [9.17, 15) is 14.4 Å². The van der Waals surface area contributed by atoms with E-state index in [1.807, 2.05) is 60.7 Å². The SMILES string of the molecule is COC(=O)[C@H](C)N1C(=O)S/C(=C/c2c(OCc3ccc(Br)cc3)ccc3ccccc23)C1=O. The van der Waals surface area contributed by atoms with Crippen LogP contribution in [0, 0.1) is 0 Å². The molecule has 4 rings (SSSR count). The fraction of sp³-hybridized carbons (Fsp3) is 0.160. The maximum atomic E-state index is 13.0. The maximum absolute atomic E-state index is 13.0. The Morgan fingerprint density at radius 3 is 2.55 bits per heavy atom. The molecule has 1 fully saturated rings. The van der Waals surface area contributed by atoms with Gasteiger partial charge in [0.15, 0.2) is 0 Å². The van der Waals surface area contributed by atoms with Gasteiger partial charge in [0.05, 0.1) is 12.0 Å². The molecular weight excluding hydrogens is 506 g/mol. The van der Waals surface area contributed by atoms with Crippen LogP contribution in [0.1, 0.15) is 18.1 Å². The highest BCUT2D eigenvalue weighted by molar-refractivity contribution is 9.10. The van der Waals surface area contributed by atoms with Crippen molar-refractivity contribution in [2.75, 3.05) is 7.11 Å². The summed E-state index contributed by atoms with van der Waals surface area (Å²) in [5.74, 6) is -0.596. The first kappa shape index (κ1) is 23.1. The number of amides is 2. The Hall–Kier alpha value is -3.10. The van der Waals surface area contributed by atoms with E-state index in [1.54, 1.807) is 6.08 Å². The standard InChI is InChI=1S/C25H20BrNO5S/c1-15(24(29)31-2)27-23(28)22(33-25(27)30)13-20-19-6-4-3-5-17(19)9-12-21(20)32-14-16-7-10-18(26)11-8-16/h3-13,15H,14H2,1-2H3/b22-13+/t15-/m0/s1. The number of halogens is 1. The van der Waals surface area contributed by atoms with Crippen molar-refractivity contribution in [3.8, 4) is 5.75 Å². The highest BCUT2D eigenvalue weighted by atomic mass is 79.9. The normalized spacial score (nSPS) is 15.8. The molecule has 1 aliphatic heterocycles. The number of esters is 1. The van der Waals surface area contributed by atoms with Gasteiger partial charge in [-0.15, -0.1) is 0 Å². The average Bonchev–Trinajstić information content (AvgIpc) is 3.11. The van der Waals surface area contributed by atoms with Crippen LogP contribution >= 0.6 is 27.7 Å². The predicted molar refractivity (Wildman–Crippen MR) is 132 cm³/mol. The van der Waals surface area contributed by atoms with Gasteiger partial charge in [0.1, 0.15) is 18.4 Å². The smallest absolute Gasteiger partial charge is 0.328 e. The fourth-order valence-corrected chi connectivity index (χ4v) is 4.67. The minimum atomic E-state index is -1.01. The van der Waals surface area contributed by atoms with E-state index >= 15 is 0 Å². The highest BCUT2D eigenvalue weighted by Crippen LogP contribution is 2.38. The number of nitrogens with zero attached hydrogens (tertiary/aromatic N) is 1. The first-order valence-corrected chi connectivity index (χ1v) is 11.7. The van der Waals surface area contributed by atoms with Crippen LogP contribution in [0.3, 0.4) is 0 Å². The third-order valence-corrected chi connectivity index (χ3v) is 6.68. The van der Waals surface area contributed by atoms with Crippen LogP contribution in [0.4, 0.5) is 4.79 Å². The summed E-state index contributed by atoms with van der Waals surface area (Å²) < 4.78 is 11.8. The number of methoxy groups -OCH3 is 1. The van der Waals surface area contributed by atoms with Crippen molar-refractivity contribution < 1.29 is 23.9 Å². The van der Waals surface area contributed by atoms with Crippen LogP contribution in [-0.4, -0.2) is 35.2 Å². The molecule has 0 spiro atoms. The molecule has 0 N–H and O–H groups in total. The number of thioether (sulfide) groups is 1. The Balaban J connectivity index is 1.71. The van der Waals surface area contributed by atoms with Gasteiger partial charge >= 0.3 is 5.97 Å². The molecule has 0 saturated carbocycles. The number of benzene rings is 3. The third kappa shape index (κ3) is 4.82. The van der Waals surface area contributed by atoms with Crippen LogP contribution in [0.5, 0.6) is 5.75 Å². The lowest BCUT2D eigenvalue weighted by Gasteiger charge is -2.18. The Kier molecular flexibility index (Phi) is 6.85. The molecule has 0 aliphatic carbocycles. The van der Waals surface area contributed by atoms with Crippen molar-refractivity contribution in [3.63, 3.8) is 0 Å². The molecule has 33 heavy (non-hydrogen) atoms. The molecule has 2 amide bonds. The Morgan fingerprint density at radius 1 is 1.09 bits per heavy atom. The van der Waals surface area contributed by atoms with E-state index in [-0.39, 0.29) is 4.91 Å². The van der Waals surface area contributed by atoms with Gasteiger partial charge in [-0.3, -0.25) is 14.5 Å². The van der Waals surface area contributed by atoms with Gasteiger partial charge < -0.3 is 9.47 Å². The third-order valence-electron chi connectivity index (χ3n) is 5.27. The van der Waals surface area contributed by atoms with Gasteiger partial charge in [-0.2, -0.15) is 0 Å². The van der Waals surface area contributed by atoms with E-state index < -0.39 is 23.2 Å². The van der Waals surface area contributed by atoms with Gasteiger partial charge in [0.25, 0.3) is 11.1 Å². The monoisotopic (exact) mass is 525 g/mol. The molecule has 0 bridgehead atoms. The number of hydrogen-bond acceptors (Lipinski definition) is 6. The fourth-order valence-electron chi connectivity index (χ4n) is 3.51. The van der Waals surface area contributed by atoms with Crippen molar-refractivity contribution in [1.29, 1.82) is 0 Å². The van der Waals surface area contributed by atoms with E-state index in [4.69, 9.17) is 9.47 Å². The summed E-state index contributed by atoms with van der Waals surface area (Å²) in [5.41, 5.74) is 1.69. The minimum absolute atomic E-state index is 0.223. The molecule has 0 unspecified atom stereocenters. The van der Waals surface area contributed by atoms with Gasteiger partial charge in [0.2, 0.25) is 0 Å². The predicted octanol–water partition coefficient (Wildman–Crippen LogP) is 5.78. The number of carbonyl (C=O) groups is 3. The number of ether oxygens (including phenoxy) is 2. The molecule has 6 nitrogen and oxygen atoms in total. The first-order valence-electron chi connectivity index (χ1n) is 10.1. The van der Waals surface area contributed by atoms with Gasteiger partial charge in [0, 0.05) is 10.0 Å². The minimum Gasteiger partial charge on any atom is -0.488 e. The van der Waals surface area contributed by atoms with Crippen molar-refractivity contribution >= 4 is 61.7 Å². The zero-order valence-electron chi connectivity index (χ0n) is 17.9. The summed E-state index contributed by atoms with van der Waals surface area (Å²) in [7, 11) is 1.22. The lowest BCUT2D eigenvalue weighted by atomic mass is 10.0. The number of hydrogen-bond donors (Lipinski definition) is 0. The second-order valence-corrected chi connectivity index (χ2v) is 9.27. The van der Waals surface area contributed by atoms with Gasteiger partial charge in [-0.05, 0) is 59.3 Å². The van der Waals surface area contributed by atoms with Gasteiger partial charge in [-0.25, -0.2) is 4.79 Å². The zero-order valence-corrected chi connectivity index (χ0v) is 20.3. The van der Waals surface area contributed by atoms with Crippen LogP contribution < -0.4 is 4.74 Å². The number of imide groups is 1. The quantitative estimate of drug-likeness (QED) is 0.300. The lowest BCUT2D eigenvalue weighted by Crippen LogP contribution is -2.42. The maximum Gasteiger partial charge on any atom is 0.328 e. The van der Waals surface area contributed by atoms with E-state index in [2.05, 4.69) is 15.9 Å². The van der Waals surface area contributed by atoms with Crippen LogP contribution in [-0.2, 0) is 20.9 Å². The second kappa shape index (κ2) is 9.80. The molecule has 1 aliphatic rings.